The molecule has 3 aromatic carbocycles. The number of amides is 2. The van der Waals surface area contributed by atoms with Crippen LogP contribution in [-0.2, 0) is 12.0 Å². The molecule has 0 bridgehead atoms. The highest BCUT2D eigenvalue weighted by Gasteiger charge is 2.24. The maximum atomic E-state index is 13.6. The van der Waals surface area contributed by atoms with Crippen molar-refractivity contribution in [1.82, 2.24) is 10.3 Å². The SMILES string of the molecule is COc1ccccc1N1CCN(c2ccc(NC(=O)c3ccc(C(C)(C)C)cc3)cc2C(=O)NCc2cccnc2)CC1. The van der Waals surface area contributed by atoms with Crippen molar-refractivity contribution in [1.29, 1.82) is 0 Å². The molecule has 1 saturated heterocycles. The molecular formula is C35H39N5O3. The average molecular weight is 578 g/mol. The van der Waals surface area contributed by atoms with Crippen LogP contribution in [0, 0.1) is 0 Å². The van der Waals surface area contributed by atoms with Crippen LogP contribution in [-0.4, -0.2) is 50.1 Å². The molecule has 2 heterocycles. The zero-order valence-corrected chi connectivity index (χ0v) is 25.3. The third-order valence-electron chi connectivity index (χ3n) is 7.73. The molecule has 2 amide bonds. The molecule has 1 aliphatic heterocycles. The number of pyridine rings is 1. The molecule has 222 valence electrons. The molecule has 5 rings (SSSR count). The highest BCUT2D eigenvalue weighted by Crippen LogP contribution is 2.31. The van der Waals surface area contributed by atoms with Gasteiger partial charge in [0.05, 0.1) is 18.4 Å². The van der Waals surface area contributed by atoms with Crippen molar-refractivity contribution in [2.75, 3.05) is 48.4 Å². The predicted octanol–water partition coefficient (Wildman–Crippen LogP) is 5.90. The highest BCUT2D eigenvalue weighted by molar-refractivity contribution is 6.06. The summed E-state index contributed by atoms with van der Waals surface area (Å²) in [5, 5.41) is 6.02. The van der Waals surface area contributed by atoms with Gasteiger partial charge in [-0.3, -0.25) is 14.6 Å². The van der Waals surface area contributed by atoms with Crippen molar-refractivity contribution in [3.63, 3.8) is 0 Å². The number of hydrogen-bond donors (Lipinski definition) is 2. The van der Waals surface area contributed by atoms with Gasteiger partial charge in [0.2, 0.25) is 0 Å². The Labute approximate surface area is 253 Å². The maximum absolute atomic E-state index is 13.6. The maximum Gasteiger partial charge on any atom is 0.255 e. The first-order valence-corrected chi connectivity index (χ1v) is 14.6. The second kappa shape index (κ2) is 13.0. The van der Waals surface area contributed by atoms with Crippen molar-refractivity contribution in [3.05, 3.63) is 114 Å². The summed E-state index contributed by atoms with van der Waals surface area (Å²) in [6.45, 7) is 9.79. The topological polar surface area (TPSA) is 86.8 Å². The van der Waals surface area contributed by atoms with E-state index < -0.39 is 0 Å². The number of piperazine rings is 1. The minimum absolute atomic E-state index is 0.00155. The van der Waals surface area contributed by atoms with Crippen LogP contribution in [0.3, 0.4) is 0 Å². The molecule has 8 heteroatoms. The quantitative estimate of drug-likeness (QED) is 0.271. The van der Waals surface area contributed by atoms with Gasteiger partial charge in [0.25, 0.3) is 11.8 Å². The van der Waals surface area contributed by atoms with Gasteiger partial charge in [-0.15, -0.1) is 0 Å². The van der Waals surface area contributed by atoms with E-state index in [1.54, 1.807) is 25.6 Å². The summed E-state index contributed by atoms with van der Waals surface area (Å²) in [6.07, 6.45) is 3.44. The second-order valence-corrected chi connectivity index (χ2v) is 11.7. The molecule has 1 fully saturated rings. The van der Waals surface area contributed by atoms with Gasteiger partial charge in [-0.1, -0.05) is 51.1 Å². The Morgan fingerprint density at radius 3 is 2.19 bits per heavy atom. The molecule has 0 saturated carbocycles. The van der Waals surface area contributed by atoms with Crippen LogP contribution in [0.25, 0.3) is 0 Å². The second-order valence-electron chi connectivity index (χ2n) is 11.7. The zero-order valence-electron chi connectivity index (χ0n) is 25.3. The molecular weight excluding hydrogens is 538 g/mol. The van der Waals surface area contributed by atoms with E-state index in [1.165, 1.54) is 0 Å². The number of ether oxygens (including phenoxy) is 1. The number of nitrogens with zero attached hydrogens (tertiary/aromatic N) is 3. The summed E-state index contributed by atoms with van der Waals surface area (Å²) in [6, 6.07) is 25.0. The highest BCUT2D eigenvalue weighted by atomic mass is 16.5. The van der Waals surface area contributed by atoms with Gasteiger partial charge in [0.15, 0.2) is 0 Å². The number of hydrogen-bond acceptors (Lipinski definition) is 6. The number of nitrogens with one attached hydrogen (secondary N) is 2. The minimum Gasteiger partial charge on any atom is -0.495 e. The Morgan fingerprint density at radius 1 is 0.837 bits per heavy atom. The lowest BCUT2D eigenvalue weighted by atomic mass is 9.87. The van der Waals surface area contributed by atoms with Crippen molar-refractivity contribution >= 4 is 28.9 Å². The molecule has 0 radical (unpaired) electrons. The normalized spacial score (nSPS) is 13.4. The molecule has 1 aromatic heterocycles. The van der Waals surface area contributed by atoms with E-state index in [0.29, 0.717) is 23.4 Å². The number of rotatable bonds is 8. The monoisotopic (exact) mass is 577 g/mol. The fourth-order valence-electron chi connectivity index (χ4n) is 5.26. The summed E-state index contributed by atoms with van der Waals surface area (Å²) in [5.74, 6) is 0.413. The van der Waals surface area contributed by atoms with Crippen molar-refractivity contribution in [3.8, 4) is 5.75 Å². The number of carbonyl (C=O) groups excluding carboxylic acids is 2. The van der Waals surface area contributed by atoms with Crippen molar-refractivity contribution < 1.29 is 14.3 Å². The molecule has 0 atom stereocenters. The molecule has 2 N–H and O–H groups in total. The molecule has 0 unspecified atom stereocenters. The van der Waals surface area contributed by atoms with E-state index in [0.717, 1.165) is 54.4 Å². The van der Waals surface area contributed by atoms with Gasteiger partial charge in [-0.25, -0.2) is 0 Å². The number of aromatic nitrogens is 1. The van der Waals surface area contributed by atoms with Crippen LogP contribution in [0.2, 0.25) is 0 Å². The lowest BCUT2D eigenvalue weighted by molar-refractivity contribution is 0.0950. The van der Waals surface area contributed by atoms with Gasteiger partial charge in [0, 0.05) is 62.1 Å². The standard InChI is InChI=1S/C35H39N5O3/c1-35(2,3)27-13-11-26(12-14-27)33(41)38-28-15-16-30(29(22-28)34(42)37-24-25-8-7-17-36-23-25)39-18-20-40(21-19-39)31-9-5-6-10-32(31)43-4/h5-17,22-23H,18-21,24H2,1-4H3,(H,37,42)(H,38,41). The number of methoxy groups -OCH3 is 1. The first kappa shape index (κ1) is 29.6. The van der Waals surface area contributed by atoms with Crippen LogP contribution in [0.1, 0.15) is 52.6 Å². The molecule has 0 spiro atoms. The Bertz CT molecular complexity index is 1560. The number of benzene rings is 3. The predicted molar refractivity (Wildman–Crippen MR) is 172 cm³/mol. The van der Waals surface area contributed by atoms with Gasteiger partial charge in [-0.05, 0) is 65.1 Å². The fraction of sp³-hybridized carbons (Fsp3) is 0.286. The Kier molecular flexibility index (Phi) is 8.95. The van der Waals surface area contributed by atoms with E-state index >= 15 is 0 Å². The smallest absolute Gasteiger partial charge is 0.255 e. The number of para-hydroxylation sites is 2. The van der Waals surface area contributed by atoms with Crippen molar-refractivity contribution in [2.24, 2.45) is 0 Å². The van der Waals surface area contributed by atoms with E-state index in [9.17, 15) is 9.59 Å². The third kappa shape index (κ3) is 7.15. The molecule has 1 aliphatic rings. The average Bonchev–Trinajstić information content (AvgIpc) is 3.04. The molecule has 4 aromatic rings. The molecule has 43 heavy (non-hydrogen) atoms. The van der Waals surface area contributed by atoms with E-state index in [2.05, 4.69) is 52.3 Å². The Balaban J connectivity index is 1.36. The van der Waals surface area contributed by atoms with Crippen LogP contribution in [0.15, 0.2) is 91.3 Å². The van der Waals surface area contributed by atoms with Crippen LogP contribution >= 0.6 is 0 Å². The zero-order chi connectivity index (χ0) is 30.4. The summed E-state index contributed by atoms with van der Waals surface area (Å²) in [7, 11) is 1.69. The summed E-state index contributed by atoms with van der Waals surface area (Å²) < 4.78 is 5.57. The summed E-state index contributed by atoms with van der Waals surface area (Å²) in [4.78, 5) is 35.4. The largest absolute Gasteiger partial charge is 0.495 e. The van der Waals surface area contributed by atoms with Crippen LogP contribution < -0.4 is 25.2 Å². The summed E-state index contributed by atoms with van der Waals surface area (Å²) in [5.41, 5.74) is 5.60. The Hall–Kier alpha value is -4.85. The lowest BCUT2D eigenvalue weighted by Crippen LogP contribution is -2.47. The van der Waals surface area contributed by atoms with Gasteiger partial charge < -0.3 is 25.2 Å². The lowest BCUT2D eigenvalue weighted by Gasteiger charge is -2.38. The number of carbonyl (C=O) groups is 2. The van der Waals surface area contributed by atoms with Gasteiger partial charge in [0.1, 0.15) is 5.75 Å². The Morgan fingerprint density at radius 2 is 1.53 bits per heavy atom. The van der Waals surface area contributed by atoms with E-state index in [4.69, 9.17) is 4.74 Å². The van der Waals surface area contributed by atoms with Gasteiger partial charge >= 0.3 is 0 Å². The van der Waals surface area contributed by atoms with E-state index in [1.807, 2.05) is 66.7 Å². The molecule has 0 aliphatic carbocycles. The minimum atomic E-state index is -0.222. The van der Waals surface area contributed by atoms with Crippen LogP contribution in [0.4, 0.5) is 17.1 Å². The van der Waals surface area contributed by atoms with Crippen LogP contribution in [0.5, 0.6) is 5.75 Å². The van der Waals surface area contributed by atoms with Gasteiger partial charge in [-0.2, -0.15) is 0 Å². The first-order valence-electron chi connectivity index (χ1n) is 14.6. The fourth-order valence-corrected chi connectivity index (χ4v) is 5.26. The first-order chi connectivity index (χ1) is 20.7. The van der Waals surface area contributed by atoms with Crippen molar-refractivity contribution in [2.45, 2.75) is 32.7 Å². The number of anilines is 3. The molecule has 8 nitrogen and oxygen atoms in total. The van der Waals surface area contributed by atoms with E-state index in [-0.39, 0.29) is 17.2 Å². The third-order valence-corrected chi connectivity index (χ3v) is 7.73. The summed E-state index contributed by atoms with van der Waals surface area (Å²) >= 11 is 0.